The minimum atomic E-state index is -0.251. The number of benzene rings is 1. The van der Waals surface area contributed by atoms with Crippen molar-refractivity contribution in [1.29, 1.82) is 0 Å². The molecule has 0 bridgehead atoms. The SMILES string of the molecule is CCNC(=NCC(C)(C)OC)NCC1CCN(c2cccc(OC)c2)C1. The Balaban J connectivity index is 1.87. The minimum absolute atomic E-state index is 0.251. The van der Waals surface area contributed by atoms with E-state index in [1.54, 1.807) is 14.2 Å². The average Bonchev–Trinajstić information content (AvgIpc) is 3.13. The summed E-state index contributed by atoms with van der Waals surface area (Å²) in [5, 5.41) is 6.80. The van der Waals surface area contributed by atoms with Crippen LogP contribution in [0.3, 0.4) is 0 Å². The normalized spacial score (nSPS) is 18.1. The van der Waals surface area contributed by atoms with Crippen LogP contribution < -0.4 is 20.3 Å². The van der Waals surface area contributed by atoms with Gasteiger partial charge in [0.15, 0.2) is 5.96 Å². The summed E-state index contributed by atoms with van der Waals surface area (Å²) >= 11 is 0. The van der Waals surface area contributed by atoms with Crippen molar-refractivity contribution >= 4 is 11.6 Å². The van der Waals surface area contributed by atoms with Gasteiger partial charge in [0.05, 0.1) is 19.3 Å². The van der Waals surface area contributed by atoms with Crippen LogP contribution in [-0.4, -0.2) is 58.5 Å². The third kappa shape index (κ3) is 6.09. The predicted octanol–water partition coefficient (Wildman–Crippen LogP) is 2.50. The van der Waals surface area contributed by atoms with Gasteiger partial charge in [-0.25, -0.2) is 0 Å². The van der Waals surface area contributed by atoms with Gasteiger partial charge in [0.1, 0.15) is 5.75 Å². The number of anilines is 1. The summed E-state index contributed by atoms with van der Waals surface area (Å²) in [5.41, 5.74) is 0.980. The fourth-order valence-corrected chi connectivity index (χ4v) is 2.96. The number of hydrogen-bond acceptors (Lipinski definition) is 4. The van der Waals surface area contributed by atoms with E-state index in [2.05, 4.69) is 39.6 Å². The summed E-state index contributed by atoms with van der Waals surface area (Å²) in [6.45, 7) is 10.7. The van der Waals surface area contributed by atoms with Crippen molar-refractivity contribution in [3.63, 3.8) is 0 Å². The molecule has 1 saturated heterocycles. The molecule has 2 N–H and O–H groups in total. The summed E-state index contributed by atoms with van der Waals surface area (Å²) in [6.07, 6.45) is 1.17. The Morgan fingerprint density at radius 1 is 1.31 bits per heavy atom. The third-order valence-electron chi connectivity index (χ3n) is 4.78. The monoisotopic (exact) mass is 362 g/mol. The van der Waals surface area contributed by atoms with Gasteiger partial charge >= 0.3 is 0 Å². The summed E-state index contributed by atoms with van der Waals surface area (Å²) in [5.74, 6) is 2.37. The second-order valence-corrected chi connectivity index (χ2v) is 7.34. The minimum Gasteiger partial charge on any atom is -0.497 e. The van der Waals surface area contributed by atoms with Crippen LogP contribution in [0.5, 0.6) is 5.75 Å². The van der Waals surface area contributed by atoms with Crippen molar-refractivity contribution in [2.24, 2.45) is 10.9 Å². The van der Waals surface area contributed by atoms with Crippen LogP contribution in [0.25, 0.3) is 0 Å². The number of nitrogens with one attached hydrogen (secondary N) is 2. The highest BCUT2D eigenvalue weighted by atomic mass is 16.5. The van der Waals surface area contributed by atoms with Crippen LogP contribution in [0.4, 0.5) is 5.69 Å². The summed E-state index contributed by atoms with van der Waals surface area (Å²) in [4.78, 5) is 7.08. The average molecular weight is 363 g/mol. The van der Waals surface area contributed by atoms with Crippen molar-refractivity contribution in [3.05, 3.63) is 24.3 Å². The standard InChI is InChI=1S/C20H34N4O2/c1-6-21-19(23-15-20(2,3)26-5)22-13-16-10-11-24(14-16)17-8-7-9-18(12-17)25-4/h7-9,12,16H,6,10-11,13-15H2,1-5H3,(H2,21,22,23). The van der Waals surface area contributed by atoms with E-state index >= 15 is 0 Å². The van der Waals surface area contributed by atoms with Gasteiger partial charge < -0.3 is 25.0 Å². The molecule has 1 aromatic rings. The molecule has 1 aliphatic heterocycles. The van der Waals surface area contributed by atoms with Crippen LogP contribution in [0, 0.1) is 5.92 Å². The zero-order chi connectivity index (χ0) is 19.0. The number of ether oxygens (including phenoxy) is 2. The van der Waals surface area contributed by atoms with Crippen molar-refractivity contribution in [3.8, 4) is 5.75 Å². The number of hydrogen-bond donors (Lipinski definition) is 2. The molecule has 1 aromatic carbocycles. The highest BCUT2D eigenvalue weighted by Gasteiger charge is 2.23. The lowest BCUT2D eigenvalue weighted by atomic mass is 10.1. The van der Waals surface area contributed by atoms with Crippen molar-refractivity contribution in [2.45, 2.75) is 32.8 Å². The van der Waals surface area contributed by atoms with Crippen LogP contribution in [0.1, 0.15) is 27.2 Å². The van der Waals surface area contributed by atoms with Crippen LogP contribution in [0.15, 0.2) is 29.3 Å². The van der Waals surface area contributed by atoms with Gasteiger partial charge in [-0.1, -0.05) is 6.07 Å². The molecule has 6 heteroatoms. The lowest BCUT2D eigenvalue weighted by Crippen LogP contribution is -2.41. The molecular weight excluding hydrogens is 328 g/mol. The van der Waals surface area contributed by atoms with Crippen LogP contribution in [-0.2, 0) is 4.74 Å². The first-order chi connectivity index (χ1) is 12.5. The van der Waals surface area contributed by atoms with Gasteiger partial charge in [-0.2, -0.15) is 0 Å². The molecule has 26 heavy (non-hydrogen) atoms. The zero-order valence-corrected chi connectivity index (χ0v) is 16.8. The van der Waals surface area contributed by atoms with Crippen molar-refractivity contribution < 1.29 is 9.47 Å². The maximum absolute atomic E-state index is 5.45. The Labute approximate surface area is 158 Å². The van der Waals surface area contributed by atoms with Gasteiger partial charge in [0, 0.05) is 45.0 Å². The van der Waals surface area contributed by atoms with E-state index in [1.807, 2.05) is 26.0 Å². The first-order valence-corrected chi connectivity index (χ1v) is 9.43. The molecule has 0 amide bonds. The van der Waals surface area contributed by atoms with E-state index in [-0.39, 0.29) is 5.60 Å². The Hall–Kier alpha value is -1.95. The maximum Gasteiger partial charge on any atom is 0.191 e. The van der Waals surface area contributed by atoms with Gasteiger partial charge in [-0.15, -0.1) is 0 Å². The van der Waals surface area contributed by atoms with E-state index in [9.17, 15) is 0 Å². The molecular formula is C20H34N4O2. The van der Waals surface area contributed by atoms with E-state index in [1.165, 1.54) is 12.1 Å². The Kier molecular flexibility index (Phi) is 7.57. The lowest BCUT2D eigenvalue weighted by molar-refractivity contribution is 0.0310. The fourth-order valence-electron chi connectivity index (χ4n) is 2.96. The largest absolute Gasteiger partial charge is 0.497 e. The highest BCUT2D eigenvalue weighted by molar-refractivity contribution is 5.79. The van der Waals surface area contributed by atoms with E-state index in [4.69, 9.17) is 9.47 Å². The molecule has 1 unspecified atom stereocenters. The van der Waals surface area contributed by atoms with E-state index < -0.39 is 0 Å². The molecule has 1 fully saturated rings. The van der Waals surface area contributed by atoms with Crippen molar-refractivity contribution in [2.75, 3.05) is 51.8 Å². The molecule has 1 aliphatic rings. The Morgan fingerprint density at radius 3 is 2.81 bits per heavy atom. The number of methoxy groups -OCH3 is 2. The molecule has 0 aliphatic carbocycles. The van der Waals surface area contributed by atoms with Gasteiger partial charge in [-0.05, 0) is 45.2 Å². The number of rotatable bonds is 8. The van der Waals surface area contributed by atoms with E-state index in [0.29, 0.717) is 12.5 Å². The smallest absolute Gasteiger partial charge is 0.191 e. The molecule has 6 nitrogen and oxygen atoms in total. The van der Waals surface area contributed by atoms with Crippen molar-refractivity contribution in [1.82, 2.24) is 10.6 Å². The Morgan fingerprint density at radius 2 is 2.12 bits per heavy atom. The summed E-state index contributed by atoms with van der Waals surface area (Å²) < 4.78 is 10.8. The first-order valence-electron chi connectivity index (χ1n) is 9.43. The molecule has 146 valence electrons. The Bertz CT molecular complexity index is 589. The van der Waals surface area contributed by atoms with Crippen LogP contribution in [0.2, 0.25) is 0 Å². The second-order valence-electron chi connectivity index (χ2n) is 7.34. The quantitative estimate of drug-likeness (QED) is 0.550. The number of guanidine groups is 1. The zero-order valence-electron chi connectivity index (χ0n) is 16.8. The van der Waals surface area contributed by atoms with Crippen LogP contribution >= 0.6 is 0 Å². The molecule has 1 heterocycles. The van der Waals surface area contributed by atoms with Gasteiger partial charge in [-0.3, -0.25) is 4.99 Å². The summed E-state index contributed by atoms with van der Waals surface area (Å²) in [7, 11) is 3.43. The molecule has 0 spiro atoms. The number of aliphatic imine (C=N–C) groups is 1. The lowest BCUT2D eigenvalue weighted by Gasteiger charge is -2.22. The van der Waals surface area contributed by atoms with Gasteiger partial charge in [0.25, 0.3) is 0 Å². The maximum atomic E-state index is 5.45. The topological polar surface area (TPSA) is 58.1 Å². The predicted molar refractivity (Wildman–Crippen MR) is 108 cm³/mol. The summed E-state index contributed by atoms with van der Waals surface area (Å²) in [6, 6.07) is 8.29. The molecule has 0 radical (unpaired) electrons. The number of nitrogens with zero attached hydrogens (tertiary/aromatic N) is 2. The first kappa shape index (κ1) is 20.4. The fraction of sp³-hybridized carbons (Fsp3) is 0.650. The van der Waals surface area contributed by atoms with E-state index in [0.717, 1.165) is 37.9 Å². The van der Waals surface area contributed by atoms with Gasteiger partial charge in [0.2, 0.25) is 0 Å². The third-order valence-corrected chi connectivity index (χ3v) is 4.78. The molecule has 0 aromatic heterocycles. The molecule has 1 atom stereocenters. The second kappa shape index (κ2) is 9.67. The molecule has 0 saturated carbocycles. The highest BCUT2D eigenvalue weighted by Crippen LogP contribution is 2.26. The molecule has 2 rings (SSSR count).